The molecule has 0 bridgehead atoms. The first-order chi connectivity index (χ1) is 12.2. The zero-order valence-electron chi connectivity index (χ0n) is 14.9. The lowest BCUT2D eigenvalue weighted by atomic mass is 10.0. The van der Waals surface area contributed by atoms with Crippen molar-refractivity contribution >= 4 is 5.97 Å². The summed E-state index contributed by atoms with van der Waals surface area (Å²) in [6.07, 6.45) is 2.25. The van der Waals surface area contributed by atoms with Crippen LogP contribution in [0, 0.1) is 6.92 Å². The molecular formula is C20H22O6. The van der Waals surface area contributed by atoms with E-state index in [0.29, 0.717) is 17.5 Å². The van der Waals surface area contributed by atoms with Gasteiger partial charge in [-0.1, -0.05) is 17.7 Å². The molecule has 0 saturated carbocycles. The number of esters is 1. The number of carbonyl (C=O) groups is 1. The van der Waals surface area contributed by atoms with Gasteiger partial charge < -0.3 is 25.2 Å². The number of carbonyl (C=O) groups excluding carboxylic acids is 1. The zero-order chi connectivity index (χ0) is 19.4. The second-order valence-electron chi connectivity index (χ2n) is 6.27. The van der Waals surface area contributed by atoms with Gasteiger partial charge in [-0.05, 0) is 56.5 Å². The molecule has 6 nitrogen and oxygen atoms in total. The average Bonchev–Trinajstić information content (AvgIpc) is 2.56. The Morgan fingerprint density at radius 2 is 1.77 bits per heavy atom. The van der Waals surface area contributed by atoms with Gasteiger partial charge in [0, 0.05) is 5.56 Å². The fourth-order valence-corrected chi connectivity index (χ4v) is 2.51. The van der Waals surface area contributed by atoms with Crippen LogP contribution >= 0.6 is 0 Å². The van der Waals surface area contributed by atoms with Crippen molar-refractivity contribution in [3.63, 3.8) is 0 Å². The molecule has 0 aromatic heterocycles. The molecule has 26 heavy (non-hydrogen) atoms. The molecule has 2 aromatic carbocycles. The molecule has 0 aliphatic carbocycles. The summed E-state index contributed by atoms with van der Waals surface area (Å²) in [5.74, 6) is -2.39. The Morgan fingerprint density at radius 3 is 2.38 bits per heavy atom. The van der Waals surface area contributed by atoms with E-state index >= 15 is 0 Å². The van der Waals surface area contributed by atoms with Gasteiger partial charge in [-0.2, -0.15) is 0 Å². The van der Waals surface area contributed by atoms with Crippen LogP contribution in [0.3, 0.4) is 0 Å². The molecule has 0 aliphatic rings. The van der Waals surface area contributed by atoms with Crippen LogP contribution in [-0.2, 0) is 13.0 Å². The standard InChI is InChI=1S/C20H22O6/c1-11(2)4-5-13-6-7-15(22)17(18(13)24)20(25)26-19-14(10-21)8-12(3)9-16(19)23/h4,6-9,21-24H,5,10H2,1-3H3. The van der Waals surface area contributed by atoms with Crippen LogP contribution in [0.1, 0.15) is 40.9 Å². The second-order valence-corrected chi connectivity index (χ2v) is 6.27. The van der Waals surface area contributed by atoms with Crippen molar-refractivity contribution in [3.05, 3.63) is 58.2 Å². The summed E-state index contributed by atoms with van der Waals surface area (Å²) in [6.45, 7) is 5.08. The van der Waals surface area contributed by atoms with Crippen LogP contribution in [0.15, 0.2) is 35.9 Å². The highest BCUT2D eigenvalue weighted by atomic mass is 16.5. The minimum absolute atomic E-state index is 0.211. The third kappa shape index (κ3) is 4.15. The molecule has 6 heteroatoms. The SMILES string of the molecule is CC(C)=CCc1ccc(O)c(C(=O)Oc2c(O)cc(C)cc2CO)c1O. The van der Waals surface area contributed by atoms with Gasteiger partial charge in [0.15, 0.2) is 11.5 Å². The van der Waals surface area contributed by atoms with E-state index in [1.165, 1.54) is 18.2 Å². The predicted octanol–water partition coefficient (Wildman–Crippen LogP) is 3.33. The number of ether oxygens (including phenoxy) is 1. The smallest absolute Gasteiger partial charge is 0.351 e. The van der Waals surface area contributed by atoms with Crippen molar-refractivity contribution in [3.8, 4) is 23.0 Å². The molecule has 0 amide bonds. The number of benzene rings is 2. The van der Waals surface area contributed by atoms with Crippen molar-refractivity contribution in [1.82, 2.24) is 0 Å². The average molecular weight is 358 g/mol. The molecule has 0 aliphatic heterocycles. The summed E-state index contributed by atoms with van der Waals surface area (Å²) in [7, 11) is 0. The fraction of sp³-hybridized carbons (Fsp3) is 0.250. The number of aryl methyl sites for hydroxylation is 1. The van der Waals surface area contributed by atoms with Crippen LogP contribution in [0.25, 0.3) is 0 Å². The highest BCUT2D eigenvalue weighted by Gasteiger charge is 2.23. The molecule has 2 aromatic rings. The van der Waals surface area contributed by atoms with E-state index in [9.17, 15) is 25.2 Å². The van der Waals surface area contributed by atoms with Crippen LogP contribution in [0.4, 0.5) is 0 Å². The summed E-state index contributed by atoms with van der Waals surface area (Å²) in [6, 6.07) is 5.76. The van der Waals surface area contributed by atoms with Gasteiger partial charge >= 0.3 is 5.97 Å². The third-order valence-electron chi connectivity index (χ3n) is 3.83. The van der Waals surface area contributed by atoms with Crippen molar-refractivity contribution in [2.75, 3.05) is 0 Å². The van der Waals surface area contributed by atoms with Crippen LogP contribution < -0.4 is 4.74 Å². The summed E-state index contributed by atoms with van der Waals surface area (Å²) < 4.78 is 5.17. The van der Waals surface area contributed by atoms with Gasteiger partial charge in [-0.25, -0.2) is 4.79 Å². The highest BCUT2D eigenvalue weighted by molar-refractivity contribution is 5.97. The summed E-state index contributed by atoms with van der Waals surface area (Å²) >= 11 is 0. The van der Waals surface area contributed by atoms with E-state index in [0.717, 1.165) is 5.57 Å². The Bertz CT molecular complexity index is 863. The Morgan fingerprint density at radius 1 is 1.08 bits per heavy atom. The monoisotopic (exact) mass is 358 g/mol. The number of allylic oxidation sites excluding steroid dienone is 2. The molecule has 0 heterocycles. The van der Waals surface area contributed by atoms with Crippen LogP contribution in [0.2, 0.25) is 0 Å². The number of hydrogen-bond acceptors (Lipinski definition) is 6. The topological polar surface area (TPSA) is 107 Å². The maximum Gasteiger partial charge on any atom is 0.351 e. The summed E-state index contributed by atoms with van der Waals surface area (Å²) in [5, 5.41) is 39.8. The van der Waals surface area contributed by atoms with Crippen molar-refractivity contribution < 1.29 is 30.0 Å². The molecule has 0 unspecified atom stereocenters. The molecule has 4 N–H and O–H groups in total. The Labute approximate surface area is 151 Å². The van der Waals surface area contributed by atoms with E-state index in [2.05, 4.69) is 0 Å². The number of rotatable bonds is 5. The van der Waals surface area contributed by atoms with Gasteiger partial charge in [0.05, 0.1) is 6.61 Å². The predicted molar refractivity (Wildman–Crippen MR) is 96.6 cm³/mol. The van der Waals surface area contributed by atoms with Crippen molar-refractivity contribution in [1.29, 1.82) is 0 Å². The fourth-order valence-electron chi connectivity index (χ4n) is 2.51. The third-order valence-corrected chi connectivity index (χ3v) is 3.83. The first-order valence-corrected chi connectivity index (χ1v) is 8.07. The molecule has 138 valence electrons. The second kappa shape index (κ2) is 7.93. The molecule has 0 saturated heterocycles. The number of hydrogen-bond donors (Lipinski definition) is 4. The van der Waals surface area contributed by atoms with Crippen molar-refractivity contribution in [2.24, 2.45) is 0 Å². The highest BCUT2D eigenvalue weighted by Crippen LogP contribution is 2.36. The molecule has 0 radical (unpaired) electrons. The molecule has 0 spiro atoms. The van der Waals surface area contributed by atoms with E-state index < -0.39 is 23.9 Å². The van der Waals surface area contributed by atoms with Gasteiger partial charge in [-0.15, -0.1) is 0 Å². The molecule has 2 rings (SSSR count). The quantitative estimate of drug-likeness (QED) is 0.371. The minimum Gasteiger partial charge on any atom is -0.507 e. The van der Waals surface area contributed by atoms with E-state index in [4.69, 9.17) is 4.74 Å². The molecule has 0 fully saturated rings. The first-order valence-electron chi connectivity index (χ1n) is 8.07. The zero-order valence-corrected chi connectivity index (χ0v) is 14.9. The molecular weight excluding hydrogens is 336 g/mol. The van der Waals surface area contributed by atoms with Gasteiger partial charge in [-0.3, -0.25) is 0 Å². The van der Waals surface area contributed by atoms with E-state index in [1.807, 2.05) is 19.9 Å². The minimum atomic E-state index is -1.03. The largest absolute Gasteiger partial charge is 0.507 e. The van der Waals surface area contributed by atoms with Crippen LogP contribution in [0.5, 0.6) is 23.0 Å². The lowest BCUT2D eigenvalue weighted by Gasteiger charge is -2.14. The molecule has 0 atom stereocenters. The van der Waals surface area contributed by atoms with Gasteiger partial charge in [0.25, 0.3) is 0 Å². The van der Waals surface area contributed by atoms with E-state index in [-0.39, 0.29) is 22.8 Å². The number of phenolic OH excluding ortho intramolecular Hbond substituents is 3. The first kappa shape index (κ1) is 19.3. The Balaban J connectivity index is 2.42. The lowest BCUT2D eigenvalue weighted by Crippen LogP contribution is -2.11. The number of aromatic hydroxyl groups is 3. The summed E-state index contributed by atoms with van der Waals surface area (Å²) in [5.41, 5.74) is 2.00. The van der Waals surface area contributed by atoms with Gasteiger partial charge in [0.2, 0.25) is 0 Å². The maximum absolute atomic E-state index is 12.5. The lowest BCUT2D eigenvalue weighted by molar-refractivity contribution is 0.0719. The Kier molecular flexibility index (Phi) is 5.90. The van der Waals surface area contributed by atoms with E-state index in [1.54, 1.807) is 13.0 Å². The van der Waals surface area contributed by atoms with Crippen molar-refractivity contribution in [2.45, 2.75) is 33.8 Å². The van der Waals surface area contributed by atoms with Crippen LogP contribution in [-0.4, -0.2) is 26.4 Å². The summed E-state index contributed by atoms with van der Waals surface area (Å²) in [4.78, 5) is 12.5. The number of aliphatic hydroxyl groups excluding tert-OH is 1. The maximum atomic E-state index is 12.5. The normalized spacial score (nSPS) is 10.5. The van der Waals surface area contributed by atoms with Gasteiger partial charge in [0.1, 0.15) is 17.1 Å². The number of phenols is 3. The Hall–Kier alpha value is -2.99. The number of aliphatic hydroxyl groups is 1.